The normalized spacial score (nSPS) is 24.7. The fraction of sp³-hybridized carbons (Fsp3) is 0.400. The van der Waals surface area contributed by atoms with Crippen molar-refractivity contribution >= 4 is 24.0 Å². The first kappa shape index (κ1) is 11.6. The molecule has 1 aromatic carbocycles. The van der Waals surface area contributed by atoms with Crippen LogP contribution in [0.1, 0.15) is 12.8 Å². The van der Waals surface area contributed by atoms with E-state index in [-0.39, 0.29) is 12.4 Å². The number of benzene rings is 1. The van der Waals surface area contributed by atoms with Crippen molar-refractivity contribution in [2.75, 3.05) is 0 Å². The van der Waals surface area contributed by atoms with Crippen LogP contribution in [0.2, 0.25) is 5.02 Å². The Morgan fingerprint density at radius 1 is 1.21 bits per heavy atom. The summed E-state index contributed by atoms with van der Waals surface area (Å²) in [5, 5.41) is 0.734. The molecule has 78 valence electrons. The van der Waals surface area contributed by atoms with E-state index in [1.807, 2.05) is 24.3 Å². The number of rotatable bonds is 2. The lowest BCUT2D eigenvalue weighted by molar-refractivity contribution is 0.101. The van der Waals surface area contributed by atoms with Crippen molar-refractivity contribution in [2.45, 2.75) is 25.0 Å². The highest BCUT2D eigenvalue weighted by atomic mass is 35.5. The highest BCUT2D eigenvalue weighted by Gasteiger charge is 2.27. The second kappa shape index (κ2) is 4.87. The third-order valence-electron chi connectivity index (χ3n) is 2.25. The number of hydrogen-bond donors (Lipinski definition) is 1. The van der Waals surface area contributed by atoms with E-state index in [9.17, 15) is 0 Å². The van der Waals surface area contributed by atoms with Crippen LogP contribution >= 0.6 is 24.0 Å². The predicted molar refractivity (Wildman–Crippen MR) is 60.3 cm³/mol. The van der Waals surface area contributed by atoms with Crippen molar-refractivity contribution in [1.29, 1.82) is 0 Å². The van der Waals surface area contributed by atoms with Crippen molar-refractivity contribution < 1.29 is 4.74 Å². The molecule has 1 aliphatic rings. The van der Waals surface area contributed by atoms with Crippen molar-refractivity contribution in [3.63, 3.8) is 0 Å². The average molecular weight is 234 g/mol. The summed E-state index contributed by atoms with van der Waals surface area (Å²) in [5.74, 6) is 0.876. The van der Waals surface area contributed by atoms with Crippen LogP contribution in [0, 0.1) is 0 Å². The summed E-state index contributed by atoms with van der Waals surface area (Å²) in [6.45, 7) is 0. The fourth-order valence-corrected chi connectivity index (χ4v) is 1.53. The third kappa shape index (κ3) is 2.77. The van der Waals surface area contributed by atoms with Gasteiger partial charge in [-0.3, -0.25) is 0 Å². The first-order valence-corrected chi connectivity index (χ1v) is 4.79. The summed E-state index contributed by atoms with van der Waals surface area (Å²) >= 11 is 5.74. The minimum Gasteiger partial charge on any atom is -0.490 e. The Morgan fingerprint density at radius 2 is 1.79 bits per heavy atom. The number of nitrogens with two attached hydrogens (primary N) is 1. The molecular formula is C10H13Cl2NO. The van der Waals surface area contributed by atoms with E-state index in [2.05, 4.69) is 0 Å². The number of ether oxygens (including phenoxy) is 1. The summed E-state index contributed by atoms with van der Waals surface area (Å²) < 4.78 is 5.64. The van der Waals surface area contributed by atoms with Gasteiger partial charge in [-0.15, -0.1) is 12.4 Å². The van der Waals surface area contributed by atoms with E-state index < -0.39 is 0 Å². The van der Waals surface area contributed by atoms with Gasteiger partial charge in [0.2, 0.25) is 0 Å². The van der Waals surface area contributed by atoms with Crippen LogP contribution in [-0.4, -0.2) is 12.1 Å². The number of halogens is 2. The van der Waals surface area contributed by atoms with Crippen molar-refractivity contribution in [3.05, 3.63) is 29.3 Å². The second-order valence-electron chi connectivity index (χ2n) is 3.43. The molecule has 0 unspecified atom stereocenters. The molecule has 0 aromatic heterocycles. The Balaban J connectivity index is 0.000000980. The van der Waals surface area contributed by atoms with Gasteiger partial charge in [-0.1, -0.05) is 11.6 Å². The first-order valence-electron chi connectivity index (χ1n) is 4.42. The molecule has 1 aliphatic carbocycles. The molecule has 1 aromatic rings. The summed E-state index contributed by atoms with van der Waals surface area (Å²) in [6, 6.07) is 7.75. The van der Waals surface area contributed by atoms with Crippen LogP contribution in [0.15, 0.2) is 24.3 Å². The molecule has 0 saturated heterocycles. The molecule has 0 bridgehead atoms. The predicted octanol–water partition coefficient (Wildman–Crippen LogP) is 2.63. The van der Waals surface area contributed by atoms with Gasteiger partial charge in [-0.25, -0.2) is 0 Å². The topological polar surface area (TPSA) is 35.2 Å². The Bertz CT molecular complexity index is 283. The van der Waals surface area contributed by atoms with Crippen LogP contribution in [0.3, 0.4) is 0 Å². The molecule has 0 heterocycles. The van der Waals surface area contributed by atoms with Crippen molar-refractivity contribution in [1.82, 2.24) is 0 Å². The number of hydrogen-bond acceptors (Lipinski definition) is 2. The zero-order valence-electron chi connectivity index (χ0n) is 7.65. The van der Waals surface area contributed by atoms with Crippen LogP contribution in [-0.2, 0) is 0 Å². The van der Waals surface area contributed by atoms with E-state index in [0.29, 0.717) is 12.1 Å². The van der Waals surface area contributed by atoms with Gasteiger partial charge in [0, 0.05) is 11.1 Å². The zero-order valence-corrected chi connectivity index (χ0v) is 9.22. The molecule has 14 heavy (non-hydrogen) atoms. The maximum atomic E-state index is 5.74. The van der Waals surface area contributed by atoms with Gasteiger partial charge in [-0.2, -0.15) is 0 Å². The Hall–Kier alpha value is -0.440. The Morgan fingerprint density at radius 3 is 2.29 bits per heavy atom. The fourth-order valence-electron chi connectivity index (χ4n) is 1.41. The third-order valence-corrected chi connectivity index (χ3v) is 2.50. The average Bonchev–Trinajstić information content (AvgIpc) is 2.06. The lowest BCUT2D eigenvalue weighted by atomic mass is 9.90. The maximum Gasteiger partial charge on any atom is 0.119 e. The van der Waals surface area contributed by atoms with Crippen LogP contribution in [0.25, 0.3) is 0 Å². The van der Waals surface area contributed by atoms with E-state index in [1.54, 1.807) is 0 Å². The lowest BCUT2D eigenvalue weighted by Gasteiger charge is -2.32. The molecule has 0 aliphatic heterocycles. The van der Waals surface area contributed by atoms with Gasteiger partial charge in [0.15, 0.2) is 0 Å². The molecule has 2 nitrogen and oxygen atoms in total. The van der Waals surface area contributed by atoms with E-state index in [4.69, 9.17) is 22.1 Å². The summed E-state index contributed by atoms with van der Waals surface area (Å²) in [7, 11) is 0. The zero-order chi connectivity index (χ0) is 9.26. The highest BCUT2D eigenvalue weighted by Crippen LogP contribution is 2.25. The lowest BCUT2D eigenvalue weighted by Crippen LogP contribution is -2.43. The maximum absolute atomic E-state index is 5.74. The van der Waals surface area contributed by atoms with Gasteiger partial charge < -0.3 is 10.5 Å². The van der Waals surface area contributed by atoms with Crippen LogP contribution < -0.4 is 10.5 Å². The van der Waals surface area contributed by atoms with Gasteiger partial charge in [-0.05, 0) is 37.1 Å². The Kier molecular flexibility index (Phi) is 4.05. The standard InChI is InChI=1S/C10H12ClNO.ClH/c11-7-1-3-9(4-2-7)13-10-5-8(12)6-10;/h1-4,8,10H,5-6,12H2;1H. The molecule has 0 amide bonds. The minimum absolute atomic E-state index is 0. The largest absolute Gasteiger partial charge is 0.490 e. The van der Waals surface area contributed by atoms with Gasteiger partial charge in [0.1, 0.15) is 11.9 Å². The van der Waals surface area contributed by atoms with Gasteiger partial charge in [0.25, 0.3) is 0 Å². The molecular weight excluding hydrogens is 221 g/mol. The molecule has 2 N–H and O–H groups in total. The molecule has 0 spiro atoms. The smallest absolute Gasteiger partial charge is 0.119 e. The minimum atomic E-state index is 0. The van der Waals surface area contributed by atoms with E-state index >= 15 is 0 Å². The first-order chi connectivity index (χ1) is 6.24. The summed E-state index contributed by atoms with van der Waals surface area (Å²) in [4.78, 5) is 0. The SMILES string of the molecule is Cl.NC1CC(Oc2ccc(Cl)cc2)C1. The van der Waals surface area contributed by atoms with E-state index in [0.717, 1.165) is 23.6 Å². The molecule has 2 rings (SSSR count). The monoisotopic (exact) mass is 233 g/mol. The summed E-state index contributed by atoms with van der Waals surface area (Å²) in [5.41, 5.74) is 5.65. The summed E-state index contributed by atoms with van der Waals surface area (Å²) in [6.07, 6.45) is 2.22. The molecule has 1 saturated carbocycles. The Labute approximate surface area is 94.8 Å². The highest BCUT2D eigenvalue weighted by molar-refractivity contribution is 6.30. The van der Waals surface area contributed by atoms with Crippen LogP contribution in [0.4, 0.5) is 0 Å². The molecule has 0 radical (unpaired) electrons. The molecule has 0 atom stereocenters. The van der Waals surface area contributed by atoms with Crippen molar-refractivity contribution in [2.24, 2.45) is 5.73 Å². The molecule has 4 heteroatoms. The second-order valence-corrected chi connectivity index (χ2v) is 3.86. The van der Waals surface area contributed by atoms with Gasteiger partial charge >= 0.3 is 0 Å². The molecule has 1 fully saturated rings. The van der Waals surface area contributed by atoms with Crippen molar-refractivity contribution in [3.8, 4) is 5.75 Å². The van der Waals surface area contributed by atoms with Crippen LogP contribution in [0.5, 0.6) is 5.75 Å². The van der Waals surface area contributed by atoms with Gasteiger partial charge in [0.05, 0.1) is 0 Å². The quantitative estimate of drug-likeness (QED) is 0.853. The van der Waals surface area contributed by atoms with E-state index in [1.165, 1.54) is 0 Å².